The molecule has 0 saturated carbocycles. The van der Waals surface area contributed by atoms with Gasteiger partial charge in [-0.15, -0.1) is 0 Å². The largest absolute Gasteiger partial charge is 0.444 e. The van der Waals surface area contributed by atoms with Crippen molar-refractivity contribution in [1.82, 2.24) is 4.90 Å². The summed E-state index contributed by atoms with van der Waals surface area (Å²) in [5.41, 5.74) is 7.01. The van der Waals surface area contributed by atoms with E-state index in [0.29, 0.717) is 35.4 Å². The molecule has 1 aromatic carbocycles. The quantitative estimate of drug-likeness (QED) is 0.769. The second kappa shape index (κ2) is 7.05. The molecule has 23 heavy (non-hydrogen) atoms. The van der Waals surface area contributed by atoms with Crippen molar-refractivity contribution in [2.45, 2.75) is 32.8 Å². The van der Waals surface area contributed by atoms with Crippen LogP contribution < -0.4 is 10.6 Å². The van der Waals surface area contributed by atoms with Crippen molar-refractivity contribution in [3.8, 4) is 0 Å². The summed E-state index contributed by atoms with van der Waals surface area (Å²) in [5.74, 6) is 0. The molecule has 5 nitrogen and oxygen atoms in total. The summed E-state index contributed by atoms with van der Waals surface area (Å²) in [6.07, 6.45) is 0.556. The molecular weight excluding hydrogens is 337 g/mol. The highest BCUT2D eigenvalue weighted by atomic mass is 35.5. The molecule has 0 unspecified atom stereocenters. The van der Waals surface area contributed by atoms with Crippen LogP contribution in [0.3, 0.4) is 0 Å². The molecule has 0 aliphatic carbocycles. The molecule has 1 heterocycles. The summed E-state index contributed by atoms with van der Waals surface area (Å²) in [4.78, 5) is 16.1. The number of carbonyl (C=O) groups is 1. The van der Waals surface area contributed by atoms with E-state index in [1.807, 2.05) is 20.8 Å². The lowest BCUT2D eigenvalue weighted by atomic mass is 10.2. The summed E-state index contributed by atoms with van der Waals surface area (Å²) >= 11 is 12.1. The van der Waals surface area contributed by atoms with Crippen molar-refractivity contribution >= 4 is 40.7 Å². The monoisotopic (exact) mass is 359 g/mol. The van der Waals surface area contributed by atoms with Gasteiger partial charge >= 0.3 is 6.09 Å². The minimum atomic E-state index is -0.489. The number of nitrogens with zero attached hydrogens (tertiary/aromatic N) is 2. The fourth-order valence-corrected chi connectivity index (χ4v) is 2.82. The second-order valence-corrected chi connectivity index (χ2v) is 7.45. The second-order valence-electron chi connectivity index (χ2n) is 6.63. The van der Waals surface area contributed by atoms with Crippen LogP contribution in [0, 0.1) is 0 Å². The molecule has 0 radical (unpaired) electrons. The van der Waals surface area contributed by atoms with Crippen LogP contribution in [0.5, 0.6) is 0 Å². The zero-order valence-electron chi connectivity index (χ0n) is 13.7. The van der Waals surface area contributed by atoms with Gasteiger partial charge in [0.25, 0.3) is 0 Å². The minimum Gasteiger partial charge on any atom is -0.444 e. The van der Waals surface area contributed by atoms with Crippen LogP contribution in [0.4, 0.5) is 16.2 Å². The Hall–Kier alpha value is -1.33. The first-order valence-corrected chi connectivity index (χ1v) is 8.40. The Morgan fingerprint density at radius 2 is 1.78 bits per heavy atom. The third kappa shape index (κ3) is 4.82. The summed E-state index contributed by atoms with van der Waals surface area (Å²) < 4.78 is 5.44. The highest BCUT2D eigenvalue weighted by Crippen LogP contribution is 2.33. The van der Waals surface area contributed by atoms with E-state index >= 15 is 0 Å². The van der Waals surface area contributed by atoms with Crippen molar-refractivity contribution < 1.29 is 9.53 Å². The molecule has 0 spiro atoms. The van der Waals surface area contributed by atoms with Gasteiger partial charge in [0.1, 0.15) is 5.60 Å². The Balaban J connectivity index is 2.07. The van der Waals surface area contributed by atoms with Gasteiger partial charge in [0.2, 0.25) is 0 Å². The maximum atomic E-state index is 12.2. The molecule has 1 amide bonds. The van der Waals surface area contributed by atoms with Gasteiger partial charge < -0.3 is 20.3 Å². The van der Waals surface area contributed by atoms with Crippen molar-refractivity contribution in [1.29, 1.82) is 0 Å². The molecule has 0 aromatic heterocycles. The average Bonchev–Trinajstić information content (AvgIpc) is 2.67. The first kappa shape index (κ1) is 18.0. The van der Waals surface area contributed by atoms with Crippen molar-refractivity contribution in [2.75, 3.05) is 36.8 Å². The molecule has 1 aromatic rings. The first-order chi connectivity index (χ1) is 10.7. The van der Waals surface area contributed by atoms with Crippen LogP contribution in [-0.4, -0.2) is 42.8 Å². The van der Waals surface area contributed by atoms with E-state index in [2.05, 4.69) is 4.90 Å². The normalized spacial score (nSPS) is 16.2. The van der Waals surface area contributed by atoms with E-state index in [1.54, 1.807) is 17.0 Å². The van der Waals surface area contributed by atoms with E-state index < -0.39 is 5.60 Å². The van der Waals surface area contributed by atoms with Gasteiger partial charge in [0.05, 0.1) is 21.4 Å². The minimum absolute atomic E-state index is 0.276. The maximum Gasteiger partial charge on any atom is 0.410 e. The van der Waals surface area contributed by atoms with Gasteiger partial charge in [-0.1, -0.05) is 23.2 Å². The van der Waals surface area contributed by atoms with Crippen LogP contribution in [0.2, 0.25) is 10.0 Å². The van der Waals surface area contributed by atoms with Crippen LogP contribution in [0.15, 0.2) is 12.1 Å². The van der Waals surface area contributed by atoms with Crippen LogP contribution >= 0.6 is 23.2 Å². The number of hydrogen-bond donors (Lipinski definition) is 1. The molecular formula is C16H23Cl2N3O2. The number of amides is 1. The number of rotatable bonds is 1. The molecule has 128 valence electrons. The Morgan fingerprint density at radius 1 is 1.13 bits per heavy atom. The summed E-state index contributed by atoms with van der Waals surface area (Å²) in [6.45, 7) is 8.30. The average molecular weight is 360 g/mol. The number of anilines is 2. The Labute approximate surface area is 147 Å². The van der Waals surface area contributed by atoms with Crippen molar-refractivity contribution in [2.24, 2.45) is 0 Å². The van der Waals surface area contributed by atoms with Crippen molar-refractivity contribution in [3.05, 3.63) is 22.2 Å². The molecule has 1 aliphatic heterocycles. The Kier molecular flexibility index (Phi) is 5.53. The van der Waals surface area contributed by atoms with E-state index in [9.17, 15) is 4.79 Å². The SMILES string of the molecule is CC(C)(C)OC(=O)N1CCCN(c2cc(Cl)c(Cl)cc2N)CC1. The van der Waals surface area contributed by atoms with E-state index in [4.69, 9.17) is 33.7 Å². The number of halogens is 2. The Bertz CT molecular complexity index is 587. The number of benzene rings is 1. The number of nitrogens with two attached hydrogens (primary N) is 1. The lowest BCUT2D eigenvalue weighted by Gasteiger charge is -2.27. The highest BCUT2D eigenvalue weighted by molar-refractivity contribution is 6.42. The van der Waals surface area contributed by atoms with Crippen LogP contribution in [0.25, 0.3) is 0 Å². The van der Waals surface area contributed by atoms with Crippen LogP contribution in [-0.2, 0) is 4.74 Å². The summed E-state index contributed by atoms with van der Waals surface area (Å²) in [5, 5.41) is 0.919. The summed E-state index contributed by atoms with van der Waals surface area (Å²) in [6, 6.07) is 3.44. The van der Waals surface area contributed by atoms with E-state index in [1.165, 1.54) is 0 Å². The molecule has 1 aliphatic rings. The third-order valence-electron chi connectivity index (χ3n) is 3.56. The van der Waals surface area contributed by atoms with E-state index in [0.717, 1.165) is 18.7 Å². The van der Waals surface area contributed by atoms with Gasteiger partial charge in [-0.2, -0.15) is 0 Å². The molecule has 7 heteroatoms. The number of carbonyl (C=O) groups excluding carboxylic acids is 1. The smallest absolute Gasteiger partial charge is 0.410 e. The fraction of sp³-hybridized carbons (Fsp3) is 0.562. The topological polar surface area (TPSA) is 58.8 Å². The predicted octanol–water partition coefficient (Wildman–Crippen LogP) is 4.02. The Morgan fingerprint density at radius 3 is 2.43 bits per heavy atom. The molecule has 0 atom stereocenters. The standard InChI is InChI=1S/C16H23Cl2N3O2/c1-16(2,3)23-15(22)21-6-4-5-20(7-8-21)14-10-12(18)11(17)9-13(14)19/h9-10H,4-8,19H2,1-3H3. The zero-order chi connectivity index (χ0) is 17.2. The first-order valence-electron chi connectivity index (χ1n) is 7.65. The lowest BCUT2D eigenvalue weighted by Crippen LogP contribution is -2.39. The molecule has 2 rings (SSSR count). The van der Waals surface area contributed by atoms with Crippen LogP contribution in [0.1, 0.15) is 27.2 Å². The number of ether oxygens (including phenoxy) is 1. The van der Waals surface area contributed by atoms with Crippen molar-refractivity contribution in [3.63, 3.8) is 0 Å². The fourth-order valence-electron chi connectivity index (χ4n) is 2.49. The summed E-state index contributed by atoms with van der Waals surface area (Å²) in [7, 11) is 0. The lowest BCUT2D eigenvalue weighted by molar-refractivity contribution is 0.0263. The van der Waals surface area contributed by atoms with Gasteiger partial charge in [-0.05, 0) is 39.3 Å². The highest BCUT2D eigenvalue weighted by Gasteiger charge is 2.25. The molecule has 1 fully saturated rings. The molecule has 0 bridgehead atoms. The van der Waals surface area contributed by atoms with Gasteiger partial charge in [0, 0.05) is 26.2 Å². The van der Waals surface area contributed by atoms with E-state index in [-0.39, 0.29) is 6.09 Å². The predicted molar refractivity (Wildman–Crippen MR) is 95.5 cm³/mol. The van der Waals surface area contributed by atoms with Gasteiger partial charge in [0.15, 0.2) is 0 Å². The molecule has 2 N–H and O–H groups in total. The number of hydrogen-bond acceptors (Lipinski definition) is 4. The third-order valence-corrected chi connectivity index (χ3v) is 4.28. The molecule has 1 saturated heterocycles. The van der Waals surface area contributed by atoms with Gasteiger partial charge in [-0.3, -0.25) is 0 Å². The van der Waals surface area contributed by atoms with Gasteiger partial charge in [-0.25, -0.2) is 4.79 Å². The maximum absolute atomic E-state index is 12.2. The number of nitrogen functional groups attached to an aromatic ring is 1. The zero-order valence-corrected chi connectivity index (χ0v) is 15.2.